The lowest BCUT2D eigenvalue weighted by Gasteiger charge is -2.21. The molecule has 0 amide bonds. The van der Waals surface area contributed by atoms with Crippen LogP contribution in [-0.2, 0) is 10.8 Å². The molecule has 2 atom stereocenters. The summed E-state index contributed by atoms with van der Waals surface area (Å²) in [6.45, 7) is 4.91. The van der Waals surface area contributed by atoms with Gasteiger partial charge in [-0.15, -0.1) is 0 Å². The highest BCUT2D eigenvalue weighted by Gasteiger charge is 2.18. The molecule has 4 nitrogen and oxygen atoms in total. The summed E-state index contributed by atoms with van der Waals surface area (Å²) in [6, 6.07) is 5.72. The van der Waals surface area contributed by atoms with Crippen LogP contribution < -0.4 is 14.8 Å². The van der Waals surface area contributed by atoms with Gasteiger partial charge < -0.3 is 14.8 Å². The minimum absolute atomic E-state index is 0.0115. The van der Waals surface area contributed by atoms with Gasteiger partial charge in [0.15, 0.2) is 0 Å². The van der Waals surface area contributed by atoms with E-state index >= 15 is 0 Å². The number of rotatable bonds is 9. The zero-order valence-electron chi connectivity index (χ0n) is 12.8. The summed E-state index contributed by atoms with van der Waals surface area (Å²) in [6.07, 6.45) is 0.931. The van der Waals surface area contributed by atoms with E-state index in [1.807, 2.05) is 32.0 Å². The normalized spacial score (nSPS) is 13.8. The maximum Gasteiger partial charge on any atom is 0.123 e. The van der Waals surface area contributed by atoms with E-state index in [1.165, 1.54) is 0 Å². The topological polar surface area (TPSA) is 47.6 Å². The van der Waals surface area contributed by atoms with Gasteiger partial charge in [-0.1, -0.05) is 13.8 Å². The average Bonchev–Trinajstić information content (AvgIpc) is 2.46. The molecule has 2 unspecified atom stereocenters. The van der Waals surface area contributed by atoms with Crippen molar-refractivity contribution in [3.63, 3.8) is 0 Å². The second-order valence-corrected chi connectivity index (χ2v) is 6.15. The van der Waals surface area contributed by atoms with Crippen molar-refractivity contribution in [1.82, 2.24) is 5.32 Å². The highest BCUT2D eigenvalue weighted by Crippen LogP contribution is 2.30. The molecule has 0 aliphatic heterocycles. The van der Waals surface area contributed by atoms with Crippen molar-refractivity contribution in [1.29, 1.82) is 0 Å². The van der Waals surface area contributed by atoms with Gasteiger partial charge in [0.2, 0.25) is 0 Å². The van der Waals surface area contributed by atoms with E-state index in [2.05, 4.69) is 5.32 Å². The van der Waals surface area contributed by atoms with Gasteiger partial charge in [0.05, 0.1) is 14.2 Å². The van der Waals surface area contributed by atoms with Crippen LogP contribution >= 0.6 is 0 Å². The van der Waals surface area contributed by atoms with Gasteiger partial charge in [0, 0.05) is 33.9 Å². The lowest BCUT2D eigenvalue weighted by Crippen LogP contribution is -2.27. The fraction of sp³-hybridized carbons (Fsp3) is 0.600. The fourth-order valence-electron chi connectivity index (χ4n) is 2.11. The van der Waals surface area contributed by atoms with Gasteiger partial charge in [-0.3, -0.25) is 4.21 Å². The first-order chi connectivity index (χ1) is 9.65. The zero-order valence-corrected chi connectivity index (χ0v) is 13.6. The number of nitrogens with one attached hydrogen (secondary N) is 1. The first-order valence-corrected chi connectivity index (χ1v) is 8.45. The standard InChI is InChI=1S/C15H25NO3S/c1-5-9-20(17)11-14(16-6-2)13-10-12(18-3)7-8-15(13)19-4/h7-8,10,14,16H,5-6,9,11H2,1-4H3. The van der Waals surface area contributed by atoms with Crippen molar-refractivity contribution < 1.29 is 13.7 Å². The largest absolute Gasteiger partial charge is 0.497 e. The van der Waals surface area contributed by atoms with Gasteiger partial charge in [-0.25, -0.2) is 0 Å². The molecule has 1 N–H and O–H groups in total. The number of methoxy groups -OCH3 is 2. The van der Waals surface area contributed by atoms with E-state index in [0.29, 0.717) is 5.75 Å². The van der Waals surface area contributed by atoms with Crippen LogP contribution in [0.1, 0.15) is 31.9 Å². The Labute approximate surface area is 124 Å². The van der Waals surface area contributed by atoms with Gasteiger partial charge in [-0.2, -0.15) is 0 Å². The molecule has 0 spiro atoms. The highest BCUT2D eigenvalue weighted by atomic mass is 32.2. The van der Waals surface area contributed by atoms with Gasteiger partial charge in [-0.05, 0) is 31.2 Å². The summed E-state index contributed by atoms with van der Waals surface area (Å²) < 4.78 is 22.7. The molecular weight excluding hydrogens is 274 g/mol. The Morgan fingerprint density at radius 3 is 2.55 bits per heavy atom. The Kier molecular flexibility index (Phi) is 7.62. The van der Waals surface area contributed by atoms with Crippen LogP contribution in [0.15, 0.2) is 18.2 Å². The molecule has 0 bridgehead atoms. The molecule has 114 valence electrons. The quantitative estimate of drug-likeness (QED) is 0.761. The molecule has 0 heterocycles. The predicted molar refractivity (Wildman–Crippen MR) is 84.1 cm³/mol. The monoisotopic (exact) mass is 299 g/mol. The van der Waals surface area contributed by atoms with Crippen LogP contribution in [0.3, 0.4) is 0 Å². The predicted octanol–water partition coefficient (Wildman–Crippen LogP) is 2.51. The minimum atomic E-state index is -0.830. The molecule has 0 aliphatic carbocycles. The zero-order chi connectivity index (χ0) is 15.0. The Hall–Kier alpha value is -1.07. The molecule has 0 radical (unpaired) electrons. The molecule has 1 rings (SSSR count). The van der Waals surface area contributed by atoms with Crippen molar-refractivity contribution in [2.45, 2.75) is 26.3 Å². The number of ether oxygens (including phenoxy) is 2. The third kappa shape index (κ3) is 4.80. The first kappa shape index (κ1) is 17.0. The molecular formula is C15H25NO3S. The Morgan fingerprint density at radius 2 is 2.00 bits per heavy atom. The second-order valence-electron chi connectivity index (χ2n) is 4.53. The molecule has 0 saturated carbocycles. The summed E-state index contributed by atoms with van der Waals surface area (Å²) in [7, 11) is 2.46. The van der Waals surface area contributed by atoms with Gasteiger partial charge >= 0.3 is 0 Å². The van der Waals surface area contributed by atoms with Crippen molar-refractivity contribution in [3.05, 3.63) is 23.8 Å². The van der Waals surface area contributed by atoms with E-state index < -0.39 is 10.8 Å². The summed E-state index contributed by atoms with van der Waals surface area (Å²) >= 11 is 0. The molecule has 0 saturated heterocycles. The minimum Gasteiger partial charge on any atom is -0.497 e. The van der Waals surface area contributed by atoms with Crippen molar-refractivity contribution in [2.24, 2.45) is 0 Å². The maximum atomic E-state index is 12.1. The number of hydrogen-bond acceptors (Lipinski definition) is 4. The summed E-state index contributed by atoms with van der Waals surface area (Å²) in [5, 5.41) is 3.39. The lowest BCUT2D eigenvalue weighted by molar-refractivity contribution is 0.392. The smallest absolute Gasteiger partial charge is 0.123 e. The van der Waals surface area contributed by atoms with Gasteiger partial charge in [0.25, 0.3) is 0 Å². The van der Waals surface area contributed by atoms with Crippen molar-refractivity contribution >= 4 is 10.8 Å². The summed E-state index contributed by atoms with van der Waals surface area (Å²) in [5.74, 6) is 2.90. The van der Waals surface area contributed by atoms with Crippen LogP contribution in [0.2, 0.25) is 0 Å². The van der Waals surface area contributed by atoms with Crippen molar-refractivity contribution in [2.75, 3.05) is 32.3 Å². The fourth-order valence-corrected chi connectivity index (χ4v) is 3.40. The third-order valence-electron chi connectivity index (χ3n) is 3.05. The number of hydrogen-bond donors (Lipinski definition) is 1. The maximum absolute atomic E-state index is 12.1. The molecule has 20 heavy (non-hydrogen) atoms. The van der Waals surface area contributed by atoms with Crippen LogP contribution in [0.25, 0.3) is 0 Å². The van der Waals surface area contributed by atoms with Gasteiger partial charge in [0.1, 0.15) is 11.5 Å². The summed E-state index contributed by atoms with van der Waals surface area (Å²) in [4.78, 5) is 0. The number of benzene rings is 1. The lowest BCUT2D eigenvalue weighted by atomic mass is 10.1. The SMILES string of the molecule is CCCS(=O)CC(NCC)c1cc(OC)ccc1OC. The third-order valence-corrected chi connectivity index (χ3v) is 4.62. The van der Waals surface area contributed by atoms with Crippen LogP contribution in [0.5, 0.6) is 11.5 Å². The molecule has 0 fully saturated rings. The molecule has 1 aromatic carbocycles. The Bertz CT molecular complexity index is 437. The van der Waals surface area contributed by atoms with Crippen LogP contribution in [0.4, 0.5) is 0 Å². The van der Waals surface area contributed by atoms with E-state index in [-0.39, 0.29) is 6.04 Å². The van der Waals surface area contributed by atoms with E-state index in [4.69, 9.17) is 9.47 Å². The van der Waals surface area contributed by atoms with E-state index in [9.17, 15) is 4.21 Å². The van der Waals surface area contributed by atoms with Crippen LogP contribution in [-0.4, -0.2) is 36.5 Å². The molecule has 1 aromatic rings. The van der Waals surface area contributed by atoms with E-state index in [1.54, 1.807) is 14.2 Å². The highest BCUT2D eigenvalue weighted by molar-refractivity contribution is 7.85. The Morgan fingerprint density at radius 1 is 1.25 bits per heavy atom. The second kappa shape index (κ2) is 8.97. The molecule has 0 aliphatic rings. The molecule has 5 heteroatoms. The van der Waals surface area contributed by atoms with Crippen molar-refractivity contribution in [3.8, 4) is 11.5 Å². The first-order valence-electron chi connectivity index (χ1n) is 6.96. The van der Waals surface area contributed by atoms with E-state index in [0.717, 1.165) is 35.8 Å². The molecule has 0 aromatic heterocycles. The summed E-state index contributed by atoms with van der Waals surface area (Å²) in [5.41, 5.74) is 0.998. The Balaban J connectivity index is 3.02. The van der Waals surface area contributed by atoms with Crippen LogP contribution in [0, 0.1) is 0 Å². The average molecular weight is 299 g/mol.